The summed E-state index contributed by atoms with van der Waals surface area (Å²) in [5, 5.41) is 14.0. The molecule has 2 atom stereocenters. The minimum Gasteiger partial charge on any atom is -0.367 e. The molecule has 3 N–H and O–H groups in total. The molecule has 5 rings (SSSR count). The maximum Gasteiger partial charge on any atom is 0.269 e. The molecule has 200 valence electrons. The quantitative estimate of drug-likeness (QED) is 0.280. The van der Waals surface area contributed by atoms with Gasteiger partial charge in [0.25, 0.3) is 10.0 Å². The van der Waals surface area contributed by atoms with Gasteiger partial charge in [-0.3, -0.25) is 9.48 Å². The van der Waals surface area contributed by atoms with Gasteiger partial charge in [0.2, 0.25) is 11.9 Å². The molecular formula is C25H29ClN8O3S. The maximum absolute atomic E-state index is 13.6. The maximum atomic E-state index is 13.6. The standard InChI is InChI=1S/C25H29ClN8O3S/c1-14-5-9-18(10-6-14)38(36,37)34-12-11-19-22(28-15(2)17-7-8-17)30-25(31-23(19)34)29-20-13-33(32-21(20)26)16(3)24(35)27-4/h5-6,9-13,15-17H,7-8H2,1-4H3,(H,27,35)(H2,28,29,30,31). The summed E-state index contributed by atoms with van der Waals surface area (Å²) < 4.78 is 29.7. The van der Waals surface area contributed by atoms with Gasteiger partial charge in [-0.25, -0.2) is 12.4 Å². The average Bonchev–Trinajstić information content (AvgIpc) is 3.56. The number of amides is 1. The van der Waals surface area contributed by atoms with E-state index in [1.165, 1.54) is 10.9 Å². The lowest BCUT2D eigenvalue weighted by Gasteiger charge is -2.16. The number of likely N-dealkylation sites (N-methyl/N-ethyl adjacent to an activating group) is 1. The van der Waals surface area contributed by atoms with Crippen molar-refractivity contribution in [2.75, 3.05) is 17.7 Å². The second-order valence-electron chi connectivity index (χ2n) is 9.56. The Morgan fingerprint density at radius 2 is 1.84 bits per heavy atom. The summed E-state index contributed by atoms with van der Waals surface area (Å²) in [7, 11) is -2.38. The van der Waals surface area contributed by atoms with Crippen molar-refractivity contribution in [2.24, 2.45) is 5.92 Å². The van der Waals surface area contributed by atoms with Crippen LogP contribution in [0.5, 0.6) is 0 Å². The number of nitrogens with zero attached hydrogens (tertiary/aromatic N) is 5. The van der Waals surface area contributed by atoms with Gasteiger partial charge < -0.3 is 16.0 Å². The Hall–Kier alpha value is -3.64. The molecule has 1 saturated carbocycles. The number of carbonyl (C=O) groups excluding carboxylic acids is 1. The van der Waals surface area contributed by atoms with E-state index in [-0.39, 0.29) is 33.6 Å². The second kappa shape index (κ2) is 9.91. The third kappa shape index (κ3) is 4.93. The highest BCUT2D eigenvalue weighted by Gasteiger charge is 2.29. The lowest BCUT2D eigenvalue weighted by atomic mass is 10.2. The fourth-order valence-corrected chi connectivity index (χ4v) is 5.69. The van der Waals surface area contributed by atoms with Crippen LogP contribution in [-0.2, 0) is 14.8 Å². The highest BCUT2D eigenvalue weighted by molar-refractivity contribution is 7.90. The largest absolute Gasteiger partial charge is 0.367 e. The van der Waals surface area contributed by atoms with E-state index in [4.69, 9.17) is 11.6 Å². The van der Waals surface area contributed by atoms with E-state index in [1.54, 1.807) is 50.5 Å². The number of hydrogen-bond donors (Lipinski definition) is 3. The number of rotatable bonds is 9. The molecule has 1 aliphatic carbocycles. The number of halogens is 1. The number of fused-ring (bicyclic) bond motifs is 1. The van der Waals surface area contributed by atoms with Crippen molar-refractivity contribution in [2.45, 2.75) is 50.6 Å². The van der Waals surface area contributed by atoms with Gasteiger partial charge in [0.05, 0.1) is 22.2 Å². The van der Waals surface area contributed by atoms with Crippen LogP contribution in [-0.4, -0.2) is 51.1 Å². The molecular weight excluding hydrogens is 528 g/mol. The lowest BCUT2D eigenvalue weighted by molar-refractivity contribution is -0.123. The SMILES string of the molecule is CNC(=O)C(C)n1cc(Nc2nc(NC(C)C3CC3)c3ccn(S(=O)(=O)c4ccc(C)cc4)c3n2)c(Cl)n1. The van der Waals surface area contributed by atoms with Crippen LogP contribution in [0.3, 0.4) is 0 Å². The van der Waals surface area contributed by atoms with Gasteiger partial charge in [-0.05, 0) is 57.7 Å². The monoisotopic (exact) mass is 556 g/mol. The van der Waals surface area contributed by atoms with Gasteiger partial charge in [0.1, 0.15) is 11.9 Å². The first-order valence-electron chi connectivity index (χ1n) is 12.3. The number of nitrogens with one attached hydrogen (secondary N) is 3. The fourth-order valence-electron chi connectivity index (χ4n) is 4.21. The molecule has 4 aromatic rings. The van der Waals surface area contributed by atoms with Crippen molar-refractivity contribution in [1.82, 2.24) is 29.0 Å². The van der Waals surface area contributed by atoms with Crippen LogP contribution in [0, 0.1) is 12.8 Å². The van der Waals surface area contributed by atoms with E-state index in [0.29, 0.717) is 22.8 Å². The van der Waals surface area contributed by atoms with E-state index in [2.05, 4.69) is 37.9 Å². The molecule has 1 fully saturated rings. The van der Waals surface area contributed by atoms with Gasteiger partial charge in [0.15, 0.2) is 10.8 Å². The smallest absolute Gasteiger partial charge is 0.269 e. The van der Waals surface area contributed by atoms with Crippen LogP contribution >= 0.6 is 11.6 Å². The molecule has 13 heteroatoms. The van der Waals surface area contributed by atoms with Gasteiger partial charge >= 0.3 is 0 Å². The molecule has 1 amide bonds. The molecule has 11 nitrogen and oxygen atoms in total. The summed E-state index contributed by atoms with van der Waals surface area (Å²) in [5.74, 6) is 0.954. The predicted molar refractivity (Wildman–Crippen MR) is 146 cm³/mol. The Labute approximate surface area is 225 Å². The Bertz CT molecular complexity index is 1610. The van der Waals surface area contributed by atoms with Crippen LogP contribution in [0.25, 0.3) is 11.0 Å². The van der Waals surface area contributed by atoms with Crippen molar-refractivity contribution < 1.29 is 13.2 Å². The number of anilines is 3. The average molecular weight is 557 g/mol. The number of benzene rings is 1. The summed E-state index contributed by atoms with van der Waals surface area (Å²) in [6.45, 7) is 5.67. The zero-order valence-electron chi connectivity index (χ0n) is 21.4. The molecule has 0 spiro atoms. The molecule has 0 saturated heterocycles. The molecule has 0 radical (unpaired) electrons. The molecule has 0 bridgehead atoms. The van der Waals surface area contributed by atoms with Crippen molar-refractivity contribution in [1.29, 1.82) is 0 Å². The first-order chi connectivity index (χ1) is 18.1. The minimum atomic E-state index is -3.92. The fraction of sp³-hybridized carbons (Fsp3) is 0.360. The van der Waals surface area contributed by atoms with Gasteiger partial charge in [-0.2, -0.15) is 15.1 Å². The molecule has 1 aromatic carbocycles. The summed E-state index contributed by atoms with van der Waals surface area (Å²) in [6, 6.07) is 7.92. The van der Waals surface area contributed by atoms with Crippen LogP contribution in [0.1, 0.15) is 38.3 Å². The van der Waals surface area contributed by atoms with Gasteiger partial charge in [-0.1, -0.05) is 29.3 Å². The van der Waals surface area contributed by atoms with Crippen molar-refractivity contribution in [3.63, 3.8) is 0 Å². The highest BCUT2D eigenvalue weighted by atomic mass is 35.5. The van der Waals surface area contributed by atoms with E-state index in [0.717, 1.165) is 22.4 Å². The van der Waals surface area contributed by atoms with E-state index < -0.39 is 16.1 Å². The first kappa shape index (κ1) is 26.0. The molecule has 0 aliphatic heterocycles. The van der Waals surface area contributed by atoms with E-state index in [1.807, 2.05) is 6.92 Å². The van der Waals surface area contributed by atoms with Crippen LogP contribution in [0.2, 0.25) is 5.15 Å². The number of hydrogen-bond acceptors (Lipinski definition) is 8. The highest BCUT2D eigenvalue weighted by Crippen LogP contribution is 2.36. The Kier molecular flexibility index (Phi) is 6.78. The van der Waals surface area contributed by atoms with Gasteiger partial charge in [0, 0.05) is 19.3 Å². The van der Waals surface area contributed by atoms with Gasteiger partial charge in [-0.15, -0.1) is 0 Å². The predicted octanol–water partition coefficient (Wildman–Crippen LogP) is 4.09. The summed E-state index contributed by atoms with van der Waals surface area (Å²) >= 11 is 6.36. The van der Waals surface area contributed by atoms with Crippen molar-refractivity contribution >= 4 is 56.0 Å². The molecule has 3 aromatic heterocycles. The summed E-state index contributed by atoms with van der Waals surface area (Å²) in [5.41, 5.74) is 1.55. The summed E-state index contributed by atoms with van der Waals surface area (Å²) in [4.78, 5) is 21.4. The number of carbonyl (C=O) groups is 1. The molecule has 2 unspecified atom stereocenters. The number of aryl methyl sites for hydroxylation is 1. The molecule has 3 heterocycles. The second-order valence-corrected chi connectivity index (χ2v) is 11.7. The van der Waals surface area contributed by atoms with Crippen LogP contribution < -0.4 is 16.0 Å². The lowest BCUT2D eigenvalue weighted by Crippen LogP contribution is -2.28. The van der Waals surface area contributed by atoms with Crippen molar-refractivity contribution in [3.05, 3.63) is 53.4 Å². The topological polar surface area (TPSA) is 136 Å². The van der Waals surface area contributed by atoms with Crippen molar-refractivity contribution in [3.8, 4) is 0 Å². The Morgan fingerprint density at radius 1 is 1.13 bits per heavy atom. The molecule has 38 heavy (non-hydrogen) atoms. The normalized spacial score (nSPS) is 15.3. The Balaban J connectivity index is 1.58. The third-order valence-corrected chi connectivity index (χ3v) is 8.70. The van der Waals surface area contributed by atoms with Crippen LogP contribution in [0.4, 0.5) is 17.5 Å². The summed E-state index contributed by atoms with van der Waals surface area (Å²) in [6.07, 6.45) is 5.34. The first-order valence-corrected chi connectivity index (χ1v) is 14.1. The zero-order chi connectivity index (χ0) is 27.2. The Morgan fingerprint density at radius 3 is 2.50 bits per heavy atom. The van der Waals surface area contributed by atoms with E-state index >= 15 is 0 Å². The minimum absolute atomic E-state index is 0.118. The van der Waals surface area contributed by atoms with E-state index in [9.17, 15) is 13.2 Å². The molecule has 1 aliphatic rings. The van der Waals surface area contributed by atoms with Crippen LogP contribution in [0.15, 0.2) is 47.6 Å². The number of aromatic nitrogens is 5. The zero-order valence-corrected chi connectivity index (χ0v) is 23.0. The third-order valence-electron chi connectivity index (χ3n) is 6.74.